The highest BCUT2D eigenvalue weighted by molar-refractivity contribution is 6.12. The molecule has 6 heteroatoms. The maximum absolute atomic E-state index is 11.9. The fourth-order valence-electron chi connectivity index (χ4n) is 1.64. The van der Waals surface area contributed by atoms with E-state index in [1.807, 2.05) is 0 Å². The number of fused-ring (bicyclic) bond motifs is 1. The van der Waals surface area contributed by atoms with Crippen molar-refractivity contribution in [1.82, 2.24) is 0 Å². The fraction of sp³-hybridized carbons (Fsp3) is 0.154. The molecule has 1 unspecified atom stereocenters. The number of Topliss-reactive ketones (excluding diaryl/α,β-unsaturated/α-hetero) is 1. The fourth-order valence-corrected chi connectivity index (χ4v) is 1.64. The van der Waals surface area contributed by atoms with Crippen LogP contribution in [0.4, 0.5) is 0 Å². The number of ether oxygens (including phenoxy) is 1. The first-order valence-electron chi connectivity index (χ1n) is 5.45. The van der Waals surface area contributed by atoms with E-state index in [1.165, 1.54) is 6.07 Å². The summed E-state index contributed by atoms with van der Waals surface area (Å²) in [6.45, 7) is 0. The Balaban J connectivity index is 2.51. The highest BCUT2D eigenvalue weighted by atomic mass is 16.5. The molecule has 0 saturated heterocycles. The van der Waals surface area contributed by atoms with Gasteiger partial charge < -0.3 is 14.9 Å². The van der Waals surface area contributed by atoms with Gasteiger partial charge in [0.25, 0.3) is 0 Å². The first-order valence-corrected chi connectivity index (χ1v) is 5.45. The summed E-state index contributed by atoms with van der Waals surface area (Å²) in [5.74, 6) is -1.73. The van der Waals surface area contributed by atoms with E-state index >= 15 is 0 Å². The second-order valence-corrected chi connectivity index (χ2v) is 3.85. The van der Waals surface area contributed by atoms with Crippen LogP contribution in [0.15, 0.2) is 39.5 Å². The van der Waals surface area contributed by atoms with Crippen molar-refractivity contribution >= 4 is 22.7 Å². The van der Waals surface area contributed by atoms with Crippen LogP contribution in [0.1, 0.15) is 10.4 Å². The van der Waals surface area contributed by atoms with Crippen molar-refractivity contribution in [3.8, 4) is 0 Å². The molecule has 1 heterocycles. The van der Waals surface area contributed by atoms with Crippen molar-refractivity contribution < 1.29 is 18.7 Å². The largest absolute Gasteiger partial charge is 0.468 e. The average molecular weight is 261 g/mol. The number of para-hydroxylation sites is 1. The summed E-state index contributed by atoms with van der Waals surface area (Å²) < 4.78 is 9.36. The van der Waals surface area contributed by atoms with Crippen LogP contribution < -0.4 is 11.4 Å². The Morgan fingerprint density at radius 1 is 1.32 bits per heavy atom. The number of methoxy groups -OCH3 is 1. The third-order valence-corrected chi connectivity index (χ3v) is 2.64. The molecule has 0 amide bonds. The molecule has 1 aromatic carbocycles. The quantitative estimate of drug-likeness (QED) is 0.373. The van der Waals surface area contributed by atoms with E-state index in [4.69, 9.17) is 10.2 Å². The Hall–Kier alpha value is -2.47. The standard InChI is InChI=1S/C13H11NO5/c1-18-13(17)10(14)11(15)8-6-7-4-2-3-5-9(7)19-12(8)16/h2-6,10H,14H2,1H3. The first-order chi connectivity index (χ1) is 9.04. The third-order valence-electron chi connectivity index (χ3n) is 2.64. The topological polar surface area (TPSA) is 99.6 Å². The summed E-state index contributed by atoms with van der Waals surface area (Å²) in [5, 5.41) is 0.572. The monoisotopic (exact) mass is 261 g/mol. The minimum atomic E-state index is -1.53. The third kappa shape index (κ3) is 2.38. The summed E-state index contributed by atoms with van der Waals surface area (Å²) in [7, 11) is 1.11. The summed E-state index contributed by atoms with van der Waals surface area (Å²) >= 11 is 0. The van der Waals surface area contributed by atoms with Gasteiger partial charge in [-0.1, -0.05) is 18.2 Å². The average Bonchev–Trinajstić information content (AvgIpc) is 2.44. The van der Waals surface area contributed by atoms with Crippen LogP contribution in [0.3, 0.4) is 0 Å². The smallest absolute Gasteiger partial charge is 0.347 e. The molecule has 0 aliphatic heterocycles. The molecular weight excluding hydrogens is 250 g/mol. The Bertz CT molecular complexity index is 703. The van der Waals surface area contributed by atoms with Crippen molar-refractivity contribution in [1.29, 1.82) is 0 Å². The summed E-state index contributed by atoms with van der Waals surface area (Å²) in [4.78, 5) is 34.8. The number of esters is 1. The Labute approximate surface area is 107 Å². The molecule has 2 rings (SSSR count). The number of carbonyl (C=O) groups is 2. The second kappa shape index (κ2) is 5.03. The lowest BCUT2D eigenvalue weighted by Gasteiger charge is -2.07. The Morgan fingerprint density at radius 3 is 2.68 bits per heavy atom. The Morgan fingerprint density at radius 2 is 2.00 bits per heavy atom. The lowest BCUT2D eigenvalue weighted by molar-refractivity contribution is -0.140. The number of hydrogen-bond donors (Lipinski definition) is 1. The number of rotatable bonds is 3. The van der Waals surface area contributed by atoms with E-state index in [2.05, 4.69) is 4.74 Å². The predicted octanol–water partition coefficient (Wildman–Crippen LogP) is 0.476. The normalized spacial score (nSPS) is 12.1. The van der Waals surface area contributed by atoms with E-state index < -0.39 is 23.4 Å². The first kappa shape index (κ1) is 13.0. The number of carbonyl (C=O) groups excluding carboxylic acids is 2. The molecule has 0 aliphatic rings. The molecule has 0 spiro atoms. The van der Waals surface area contributed by atoms with Gasteiger partial charge in [-0.25, -0.2) is 9.59 Å². The van der Waals surface area contributed by atoms with Gasteiger partial charge >= 0.3 is 11.6 Å². The number of hydrogen-bond acceptors (Lipinski definition) is 6. The SMILES string of the molecule is COC(=O)C(N)C(=O)c1cc2ccccc2oc1=O. The van der Waals surface area contributed by atoms with Gasteiger partial charge in [0.2, 0.25) is 0 Å². The maximum Gasteiger partial charge on any atom is 0.347 e. The molecule has 0 aliphatic carbocycles. The molecule has 1 atom stereocenters. The molecule has 98 valence electrons. The van der Waals surface area contributed by atoms with E-state index in [9.17, 15) is 14.4 Å². The lowest BCUT2D eigenvalue weighted by Crippen LogP contribution is -2.41. The zero-order valence-corrected chi connectivity index (χ0v) is 10.1. The van der Waals surface area contributed by atoms with Crippen LogP contribution in [0.25, 0.3) is 11.0 Å². The summed E-state index contributed by atoms with van der Waals surface area (Å²) in [6, 6.07) is 6.54. The van der Waals surface area contributed by atoms with Crippen LogP contribution in [0.2, 0.25) is 0 Å². The predicted molar refractivity (Wildman–Crippen MR) is 66.8 cm³/mol. The molecule has 0 fully saturated rings. The highest BCUT2D eigenvalue weighted by Crippen LogP contribution is 2.13. The van der Waals surface area contributed by atoms with Crippen molar-refractivity contribution in [2.75, 3.05) is 7.11 Å². The van der Waals surface area contributed by atoms with E-state index in [-0.39, 0.29) is 5.56 Å². The van der Waals surface area contributed by atoms with E-state index in [1.54, 1.807) is 24.3 Å². The summed E-state index contributed by atoms with van der Waals surface area (Å²) in [6.07, 6.45) is 0. The van der Waals surface area contributed by atoms with E-state index in [0.717, 1.165) is 7.11 Å². The molecule has 0 bridgehead atoms. The van der Waals surface area contributed by atoms with Crippen LogP contribution in [-0.2, 0) is 9.53 Å². The van der Waals surface area contributed by atoms with Crippen molar-refractivity contribution in [2.45, 2.75) is 6.04 Å². The van der Waals surface area contributed by atoms with Crippen molar-refractivity contribution in [3.05, 3.63) is 46.3 Å². The summed E-state index contributed by atoms with van der Waals surface area (Å²) in [5.41, 5.74) is 4.67. The van der Waals surface area contributed by atoms with Gasteiger partial charge in [0.1, 0.15) is 11.1 Å². The molecule has 2 N–H and O–H groups in total. The van der Waals surface area contributed by atoms with Crippen LogP contribution in [0.5, 0.6) is 0 Å². The minimum absolute atomic E-state index is 0.267. The molecule has 0 saturated carbocycles. The molecule has 2 aromatic rings. The van der Waals surface area contributed by atoms with Crippen molar-refractivity contribution in [3.63, 3.8) is 0 Å². The Kier molecular flexibility index (Phi) is 3.43. The van der Waals surface area contributed by atoms with Crippen LogP contribution in [-0.4, -0.2) is 24.9 Å². The van der Waals surface area contributed by atoms with Gasteiger partial charge in [-0.05, 0) is 12.1 Å². The molecular formula is C13H11NO5. The second-order valence-electron chi connectivity index (χ2n) is 3.85. The number of ketones is 1. The van der Waals surface area contributed by atoms with Gasteiger partial charge in [-0.15, -0.1) is 0 Å². The van der Waals surface area contributed by atoms with Crippen molar-refractivity contribution in [2.24, 2.45) is 5.73 Å². The molecule has 6 nitrogen and oxygen atoms in total. The van der Waals surface area contributed by atoms with Crippen LogP contribution >= 0.6 is 0 Å². The van der Waals surface area contributed by atoms with Gasteiger partial charge in [-0.2, -0.15) is 0 Å². The number of nitrogens with two attached hydrogens (primary N) is 1. The number of benzene rings is 1. The molecule has 1 aromatic heterocycles. The van der Waals surface area contributed by atoms with E-state index in [0.29, 0.717) is 11.0 Å². The van der Waals surface area contributed by atoms with Crippen LogP contribution in [0, 0.1) is 0 Å². The molecule has 19 heavy (non-hydrogen) atoms. The maximum atomic E-state index is 11.9. The highest BCUT2D eigenvalue weighted by Gasteiger charge is 2.27. The molecule has 0 radical (unpaired) electrons. The zero-order chi connectivity index (χ0) is 14.0. The van der Waals surface area contributed by atoms with Gasteiger partial charge in [-0.3, -0.25) is 4.79 Å². The minimum Gasteiger partial charge on any atom is -0.468 e. The van der Waals surface area contributed by atoms with Gasteiger partial charge in [0, 0.05) is 5.39 Å². The van der Waals surface area contributed by atoms with Gasteiger partial charge in [0.05, 0.1) is 7.11 Å². The zero-order valence-electron chi connectivity index (χ0n) is 10.1. The van der Waals surface area contributed by atoms with Gasteiger partial charge in [0.15, 0.2) is 11.8 Å². The lowest BCUT2D eigenvalue weighted by atomic mass is 10.1.